The Morgan fingerprint density at radius 3 is 2.52 bits per heavy atom. The molecule has 150 valence electrons. The number of esters is 1. The van der Waals surface area contributed by atoms with Crippen molar-refractivity contribution in [3.8, 4) is 0 Å². The van der Waals surface area contributed by atoms with Crippen LogP contribution in [0.15, 0.2) is 52.4 Å². The molecular formula is C19H12ClF3N2O3S. The number of methoxy groups -OCH3 is 1. The maximum Gasteiger partial charge on any atom is 0.417 e. The molecule has 0 saturated carbocycles. The van der Waals surface area contributed by atoms with E-state index in [1.54, 1.807) is 30.3 Å². The van der Waals surface area contributed by atoms with Crippen LogP contribution in [0, 0.1) is 0 Å². The first kappa shape index (κ1) is 20.9. The highest BCUT2D eigenvalue weighted by molar-refractivity contribution is 8.18. The molecule has 0 spiro atoms. The van der Waals surface area contributed by atoms with E-state index in [9.17, 15) is 22.8 Å². The molecule has 1 amide bonds. The van der Waals surface area contributed by atoms with Crippen LogP contribution in [0.25, 0.3) is 6.08 Å². The Kier molecular flexibility index (Phi) is 5.99. The number of thioether (sulfide) groups is 1. The predicted molar refractivity (Wildman–Crippen MR) is 105 cm³/mol. The van der Waals surface area contributed by atoms with Crippen molar-refractivity contribution in [2.24, 2.45) is 4.99 Å². The average Bonchev–Trinajstić information content (AvgIpc) is 3.01. The number of carbonyl (C=O) groups excluding carboxylic acids is 2. The predicted octanol–water partition coefficient (Wildman–Crippen LogP) is 5.04. The van der Waals surface area contributed by atoms with Gasteiger partial charge in [0.25, 0.3) is 5.91 Å². The topological polar surface area (TPSA) is 67.8 Å². The summed E-state index contributed by atoms with van der Waals surface area (Å²) in [5.41, 5.74) is 0.0241. The van der Waals surface area contributed by atoms with Crippen molar-refractivity contribution in [2.75, 3.05) is 7.11 Å². The van der Waals surface area contributed by atoms with E-state index in [1.165, 1.54) is 13.2 Å². The Bertz CT molecular complexity index is 1030. The summed E-state index contributed by atoms with van der Waals surface area (Å²) in [5.74, 6) is -0.913. The molecule has 1 heterocycles. The Morgan fingerprint density at radius 1 is 1.21 bits per heavy atom. The molecule has 0 bridgehead atoms. The highest BCUT2D eigenvalue weighted by Crippen LogP contribution is 2.37. The Labute approximate surface area is 172 Å². The van der Waals surface area contributed by atoms with Crippen LogP contribution >= 0.6 is 23.4 Å². The van der Waals surface area contributed by atoms with E-state index in [1.807, 2.05) is 0 Å². The zero-order chi connectivity index (χ0) is 21.2. The second-order valence-electron chi connectivity index (χ2n) is 5.76. The average molecular weight is 441 g/mol. The smallest absolute Gasteiger partial charge is 0.417 e. The molecule has 0 unspecified atom stereocenters. The minimum Gasteiger partial charge on any atom is -0.465 e. The van der Waals surface area contributed by atoms with Gasteiger partial charge in [-0.1, -0.05) is 23.7 Å². The maximum absolute atomic E-state index is 13.0. The molecule has 0 aliphatic carbocycles. The molecule has 1 aliphatic rings. The van der Waals surface area contributed by atoms with Crippen LogP contribution in [0.1, 0.15) is 21.5 Å². The first-order chi connectivity index (χ1) is 13.7. The van der Waals surface area contributed by atoms with Crippen molar-refractivity contribution < 1.29 is 27.5 Å². The van der Waals surface area contributed by atoms with Gasteiger partial charge in [-0.05, 0) is 53.7 Å². The highest BCUT2D eigenvalue weighted by atomic mass is 35.5. The van der Waals surface area contributed by atoms with Gasteiger partial charge in [-0.2, -0.15) is 13.2 Å². The fourth-order valence-electron chi connectivity index (χ4n) is 2.38. The van der Waals surface area contributed by atoms with E-state index >= 15 is 0 Å². The molecule has 1 fully saturated rings. The molecule has 1 aliphatic heterocycles. The number of halogens is 4. The van der Waals surface area contributed by atoms with Gasteiger partial charge in [-0.25, -0.2) is 9.79 Å². The van der Waals surface area contributed by atoms with Gasteiger partial charge in [-0.3, -0.25) is 4.79 Å². The number of nitrogens with zero attached hydrogens (tertiary/aromatic N) is 1. The molecule has 2 aromatic rings. The summed E-state index contributed by atoms with van der Waals surface area (Å²) < 4.78 is 43.5. The molecule has 0 aromatic heterocycles. The van der Waals surface area contributed by atoms with Crippen LogP contribution in [0.2, 0.25) is 5.02 Å². The summed E-state index contributed by atoms with van der Waals surface area (Å²) in [6.07, 6.45) is -3.03. The fourth-order valence-corrected chi connectivity index (χ4v) is 3.45. The standard InChI is InChI=1S/C19H12ClF3N2O3S/c1-28-17(27)11-4-2-10(3-5-11)8-15-16(26)25-18(29-15)24-12-6-7-14(20)13(9-12)19(21,22)23/h2-9H,1H3,(H,24,25,26). The maximum atomic E-state index is 13.0. The summed E-state index contributed by atoms with van der Waals surface area (Å²) in [4.78, 5) is 27.9. The highest BCUT2D eigenvalue weighted by Gasteiger charge is 2.33. The molecule has 1 saturated heterocycles. The number of alkyl halides is 3. The normalized spacial score (nSPS) is 16.9. The van der Waals surface area contributed by atoms with Gasteiger partial charge in [0.1, 0.15) is 0 Å². The minimum absolute atomic E-state index is 0.00760. The molecule has 5 nitrogen and oxygen atoms in total. The zero-order valence-corrected chi connectivity index (χ0v) is 16.3. The van der Waals surface area contributed by atoms with Crippen LogP contribution in [-0.4, -0.2) is 24.2 Å². The minimum atomic E-state index is -4.61. The molecule has 1 N–H and O–H groups in total. The lowest BCUT2D eigenvalue weighted by atomic mass is 10.1. The molecule has 0 radical (unpaired) electrons. The van der Waals surface area contributed by atoms with E-state index in [-0.39, 0.29) is 10.9 Å². The lowest BCUT2D eigenvalue weighted by molar-refractivity contribution is -0.137. The lowest BCUT2D eigenvalue weighted by Gasteiger charge is -2.09. The zero-order valence-electron chi connectivity index (χ0n) is 14.7. The molecule has 10 heteroatoms. The first-order valence-electron chi connectivity index (χ1n) is 8.02. The second-order valence-corrected chi connectivity index (χ2v) is 7.20. The van der Waals surface area contributed by atoms with Gasteiger partial charge in [-0.15, -0.1) is 0 Å². The van der Waals surface area contributed by atoms with E-state index in [4.69, 9.17) is 11.6 Å². The number of carbonyl (C=O) groups is 2. The van der Waals surface area contributed by atoms with Gasteiger partial charge >= 0.3 is 12.1 Å². The number of rotatable bonds is 3. The van der Waals surface area contributed by atoms with E-state index in [0.29, 0.717) is 16.0 Å². The monoisotopic (exact) mass is 440 g/mol. The van der Waals surface area contributed by atoms with Crippen molar-refractivity contribution in [2.45, 2.75) is 6.18 Å². The number of hydrogen-bond acceptors (Lipinski definition) is 5. The molecule has 3 rings (SSSR count). The number of ether oxygens (including phenoxy) is 1. The van der Waals surface area contributed by atoms with Crippen molar-refractivity contribution in [3.63, 3.8) is 0 Å². The Morgan fingerprint density at radius 2 is 1.90 bits per heavy atom. The van der Waals surface area contributed by atoms with Crippen molar-refractivity contribution >= 4 is 52.2 Å². The first-order valence-corrected chi connectivity index (χ1v) is 9.21. The third-order valence-electron chi connectivity index (χ3n) is 3.77. The number of amidine groups is 1. The summed E-state index contributed by atoms with van der Waals surface area (Å²) in [6, 6.07) is 9.62. The molecule has 2 aromatic carbocycles. The van der Waals surface area contributed by atoms with Crippen LogP contribution in [0.4, 0.5) is 18.9 Å². The Hall–Kier alpha value is -2.78. The molecule has 0 atom stereocenters. The van der Waals surface area contributed by atoms with Gasteiger partial charge in [0.15, 0.2) is 5.17 Å². The van der Waals surface area contributed by atoms with Crippen molar-refractivity contribution in [1.29, 1.82) is 0 Å². The van der Waals surface area contributed by atoms with Crippen molar-refractivity contribution in [3.05, 3.63) is 69.1 Å². The fraction of sp³-hybridized carbons (Fsp3) is 0.105. The van der Waals surface area contributed by atoms with E-state index < -0.39 is 28.6 Å². The third-order valence-corrected chi connectivity index (χ3v) is 5.01. The largest absolute Gasteiger partial charge is 0.465 e. The van der Waals surface area contributed by atoms with Gasteiger partial charge in [0.2, 0.25) is 0 Å². The Balaban J connectivity index is 1.81. The number of amides is 1. The van der Waals surface area contributed by atoms with Crippen molar-refractivity contribution in [1.82, 2.24) is 5.32 Å². The number of nitrogens with one attached hydrogen (secondary N) is 1. The molecule has 29 heavy (non-hydrogen) atoms. The van der Waals surface area contributed by atoms with Gasteiger partial charge < -0.3 is 10.1 Å². The number of aliphatic imine (C=N–C) groups is 1. The number of benzene rings is 2. The molecular weight excluding hydrogens is 429 g/mol. The van der Waals surface area contributed by atoms with Crippen LogP contribution in [0.3, 0.4) is 0 Å². The van der Waals surface area contributed by atoms with Crippen LogP contribution in [0.5, 0.6) is 0 Å². The SMILES string of the molecule is COC(=O)c1ccc(C=C2SC(=Nc3ccc(Cl)c(C(F)(F)F)c3)NC2=O)cc1. The summed E-state index contributed by atoms with van der Waals surface area (Å²) in [6.45, 7) is 0. The number of hydrogen-bond donors (Lipinski definition) is 1. The third kappa shape index (κ3) is 4.99. The summed E-state index contributed by atoms with van der Waals surface area (Å²) in [7, 11) is 1.27. The quantitative estimate of drug-likeness (QED) is 0.536. The summed E-state index contributed by atoms with van der Waals surface area (Å²) in [5, 5.41) is 2.21. The van der Waals surface area contributed by atoms with Gasteiger partial charge in [0.05, 0.1) is 33.9 Å². The van der Waals surface area contributed by atoms with Gasteiger partial charge in [0, 0.05) is 0 Å². The van der Waals surface area contributed by atoms with E-state index in [2.05, 4.69) is 15.0 Å². The summed E-state index contributed by atoms with van der Waals surface area (Å²) >= 11 is 6.58. The van der Waals surface area contributed by atoms with E-state index in [0.717, 1.165) is 23.9 Å². The van der Waals surface area contributed by atoms with Crippen LogP contribution in [-0.2, 0) is 15.7 Å². The second kappa shape index (κ2) is 8.30. The van der Waals surface area contributed by atoms with Crippen LogP contribution < -0.4 is 5.32 Å². The lowest BCUT2D eigenvalue weighted by Crippen LogP contribution is -2.19.